The second kappa shape index (κ2) is 7.90. The lowest BCUT2D eigenvalue weighted by atomic mass is 10.1. The number of hydrogen-bond donors (Lipinski definition) is 1. The fourth-order valence-corrected chi connectivity index (χ4v) is 3.50. The monoisotopic (exact) mass is 389 g/mol. The summed E-state index contributed by atoms with van der Waals surface area (Å²) in [6.45, 7) is 0.360. The molecule has 0 atom stereocenters. The minimum absolute atomic E-state index is 0.0116. The first-order chi connectivity index (χ1) is 12.1. The quantitative estimate of drug-likeness (QED) is 0.611. The van der Waals surface area contributed by atoms with Crippen LogP contribution in [0.3, 0.4) is 0 Å². The van der Waals surface area contributed by atoms with E-state index in [1.54, 1.807) is 12.1 Å². The molecule has 0 aliphatic heterocycles. The van der Waals surface area contributed by atoms with Crippen molar-refractivity contribution >= 4 is 34.5 Å². The molecular formula is C19H13Cl2NO2S. The minimum atomic E-state index is 0.0116. The predicted octanol–water partition coefficient (Wildman–Crippen LogP) is 5.66. The molecule has 0 aliphatic carbocycles. The molecule has 0 fully saturated rings. The molecule has 6 heteroatoms. The maximum absolute atomic E-state index is 9.53. The molecule has 0 radical (unpaired) electrons. The van der Waals surface area contributed by atoms with Crippen LogP contribution in [-0.4, -0.2) is 5.11 Å². The number of aliphatic hydroxyl groups is 1. The molecule has 126 valence electrons. The zero-order chi connectivity index (χ0) is 17.8. The molecule has 3 nitrogen and oxygen atoms in total. The highest BCUT2D eigenvalue weighted by atomic mass is 35.5. The highest BCUT2D eigenvalue weighted by Gasteiger charge is 2.15. The van der Waals surface area contributed by atoms with Gasteiger partial charge in [-0.05, 0) is 28.8 Å². The van der Waals surface area contributed by atoms with Crippen LogP contribution in [0.15, 0.2) is 47.8 Å². The van der Waals surface area contributed by atoms with Crippen LogP contribution in [0.4, 0.5) is 0 Å². The van der Waals surface area contributed by atoms with E-state index in [0.717, 1.165) is 22.3 Å². The van der Waals surface area contributed by atoms with Gasteiger partial charge < -0.3 is 9.84 Å². The van der Waals surface area contributed by atoms with Gasteiger partial charge in [-0.3, -0.25) is 0 Å². The average Bonchev–Trinajstić information content (AvgIpc) is 3.05. The molecule has 1 N–H and O–H groups in total. The van der Waals surface area contributed by atoms with Gasteiger partial charge in [0.25, 0.3) is 0 Å². The summed E-state index contributed by atoms with van der Waals surface area (Å²) in [7, 11) is 0. The van der Waals surface area contributed by atoms with Gasteiger partial charge in [-0.2, -0.15) is 5.26 Å². The molecule has 3 rings (SSSR count). The largest absolute Gasteiger partial charge is 0.478 e. The first-order valence-electron chi connectivity index (χ1n) is 7.41. The molecular weight excluding hydrogens is 377 g/mol. The molecule has 0 aliphatic rings. The number of thiophene rings is 1. The van der Waals surface area contributed by atoms with Gasteiger partial charge in [0.15, 0.2) is 5.06 Å². The normalized spacial score (nSPS) is 10.5. The first kappa shape index (κ1) is 17.8. The third-order valence-electron chi connectivity index (χ3n) is 3.68. The second-order valence-electron chi connectivity index (χ2n) is 5.32. The summed E-state index contributed by atoms with van der Waals surface area (Å²) in [5, 5.41) is 22.0. The molecule has 0 saturated heterocycles. The van der Waals surface area contributed by atoms with Gasteiger partial charge in [-0.15, -0.1) is 11.3 Å². The summed E-state index contributed by atoms with van der Waals surface area (Å²) >= 11 is 13.4. The van der Waals surface area contributed by atoms with Crippen LogP contribution in [0, 0.1) is 11.3 Å². The molecule has 0 spiro atoms. The molecule has 1 heterocycles. The second-order valence-corrected chi connectivity index (χ2v) is 6.97. The Hall–Kier alpha value is -2.03. The van der Waals surface area contributed by atoms with Crippen molar-refractivity contribution in [3.8, 4) is 22.3 Å². The van der Waals surface area contributed by atoms with Gasteiger partial charge in [0.1, 0.15) is 18.2 Å². The Bertz CT molecular complexity index is 930. The Morgan fingerprint density at radius 1 is 1.04 bits per heavy atom. The van der Waals surface area contributed by atoms with Gasteiger partial charge >= 0.3 is 0 Å². The molecule has 1 aromatic heterocycles. The summed E-state index contributed by atoms with van der Waals surface area (Å²) in [5.74, 6) is 0. The van der Waals surface area contributed by atoms with Gasteiger partial charge in [0.2, 0.25) is 0 Å². The van der Waals surface area contributed by atoms with Crippen molar-refractivity contribution in [2.75, 3.05) is 0 Å². The maximum Gasteiger partial charge on any atom is 0.192 e. The zero-order valence-corrected chi connectivity index (χ0v) is 15.3. The highest BCUT2D eigenvalue weighted by Crippen LogP contribution is 2.38. The third-order valence-corrected chi connectivity index (χ3v) is 5.30. The fourth-order valence-electron chi connectivity index (χ4n) is 2.32. The van der Waals surface area contributed by atoms with E-state index in [0.29, 0.717) is 27.3 Å². The van der Waals surface area contributed by atoms with Crippen molar-refractivity contribution in [3.05, 3.63) is 74.6 Å². The molecule has 2 aromatic carbocycles. The summed E-state index contributed by atoms with van der Waals surface area (Å²) < 4.78 is 5.82. The van der Waals surface area contributed by atoms with E-state index in [-0.39, 0.29) is 6.61 Å². The number of halogens is 2. The Morgan fingerprint density at radius 3 is 2.40 bits per heavy atom. The number of rotatable bonds is 5. The van der Waals surface area contributed by atoms with Crippen LogP contribution in [-0.2, 0) is 13.2 Å². The minimum Gasteiger partial charge on any atom is -0.478 e. The van der Waals surface area contributed by atoms with Crippen molar-refractivity contribution in [3.63, 3.8) is 0 Å². The smallest absolute Gasteiger partial charge is 0.192 e. The standard InChI is InChI=1S/C19H13Cl2NO2S/c20-17-6-5-14(7-18(17)21)16-11-25-19(15(16)8-22)24-10-13-3-1-12(9-23)2-4-13/h1-7,11,23H,9-10H2. The first-order valence-corrected chi connectivity index (χ1v) is 9.04. The summed E-state index contributed by atoms with van der Waals surface area (Å²) in [4.78, 5) is 0. The van der Waals surface area contributed by atoms with E-state index < -0.39 is 0 Å². The Balaban J connectivity index is 1.82. The maximum atomic E-state index is 9.53. The summed E-state index contributed by atoms with van der Waals surface area (Å²) in [6, 6.07) is 15.0. The van der Waals surface area contributed by atoms with Gasteiger partial charge in [-0.1, -0.05) is 53.5 Å². The van der Waals surface area contributed by atoms with Crippen LogP contribution in [0.5, 0.6) is 5.06 Å². The SMILES string of the molecule is N#Cc1c(-c2ccc(Cl)c(Cl)c2)csc1OCc1ccc(CO)cc1. The van der Waals surface area contributed by atoms with E-state index in [1.807, 2.05) is 35.7 Å². The number of benzene rings is 2. The summed E-state index contributed by atoms with van der Waals surface area (Å²) in [6.07, 6.45) is 0. The Kier molecular flexibility index (Phi) is 5.62. The van der Waals surface area contributed by atoms with E-state index in [2.05, 4.69) is 6.07 Å². The Morgan fingerprint density at radius 2 is 1.76 bits per heavy atom. The lowest BCUT2D eigenvalue weighted by molar-refractivity contribution is 0.281. The topological polar surface area (TPSA) is 53.2 Å². The lowest BCUT2D eigenvalue weighted by Gasteiger charge is -2.06. The van der Waals surface area contributed by atoms with E-state index in [9.17, 15) is 5.26 Å². The summed E-state index contributed by atoms with van der Waals surface area (Å²) in [5.41, 5.74) is 3.89. The average molecular weight is 390 g/mol. The van der Waals surface area contributed by atoms with Gasteiger partial charge in [0, 0.05) is 10.9 Å². The molecule has 0 amide bonds. The van der Waals surface area contributed by atoms with Crippen LogP contribution in [0.2, 0.25) is 10.0 Å². The number of nitriles is 1. The fraction of sp³-hybridized carbons (Fsp3) is 0.105. The number of ether oxygens (including phenoxy) is 1. The van der Waals surface area contributed by atoms with Crippen LogP contribution < -0.4 is 4.74 Å². The number of nitrogens with zero attached hydrogens (tertiary/aromatic N) is 1. The Labute approximate surface area is 159 Å². The van der Waals surface area contributed by atoms with Crippen LogP contribution >= 0.6 is 34.5 Å². The van der Waals surface area contributed by atoms with Gasteiger partial charge in [-0.25, -0.2) is 0 Å². The third kappa shape index (κ3) is 3.97. The molecule has 25 heavy (non-hydrogen) atoms. The van der Waals surface area contributed by atoms with Crippen molar-refractivity contribution in [2.45, 2.75) is 13.2 Å². The van der Waals surface area contributed by atoms with E-state index in [4.69, 9.17) is 33.0 Å². The van der Waals surface area contributed by atoms with Crippen LogP contribution in [0.25, 0.3) is 11.1 Å². The zero-order valence-electron chi connectivity index (χ0n) is 13.0. The number of hydrogen-bond acceptors (Lipinski definition) is 4. The molecule has 0 saturated carbocycles. The van der Waals surface area contributed by atoms with Crippen molar-refractivity contribution in [2.24, 2.45) is 0 Å². The van der Waals surface area contributed by atoms with E-state index >= 15 is 0 Å². The molecule has 3 aromatic rings. The molecule has 0 bridgehead atoms. The molecule has 0 unspecified atom stereocenters. The van der Waals surface area contributed by atoms with Crippen molar-refractivity contribution in [1.82, 2.24) is 0 Å². The number of aliphatic hydroxyl groups excluding tert-OH is 1. The van der Waals surface area contributed by atoms with Crippen molar-refractivity contribution in [1.29, 1.82) is 5.26 Å². The van der Waals surface area contributed by atoms with Crippen LogP contribution in [0.1, 0.15) is 16.7 Å². The lowest BCUT2D eigenvalue weighted by Crippen LogP contribution is -1.96. The van der Waals surface area contributed by atoms with Crippen molar-refractivity contribution < 1.29 is 9.84 Å². The van der Waals surface area contributed by atoms with E-state index in [1.165, 1.54) is 11.3 Å². The van der Waals surface area contributed by atoms with Gasteiger partial charge in [0.05, 0.1) is 16.7 Å². The predicted molar refractivity (Wildman–Crippen MR) is 101 cm³/mol. The highest BCUT2D eigenvalue weighted by molar-refractivity contribution is 7.12.